The minimum Gasteiger partial charge on any atom is -0.387 e. The van der Waals surface area contributed by atoms with Gasteiger partial charge in [0.2, 0.25) is 5.91 Å². The number of hydrogen-bond donors (Lipinski definition) is 3. The number of phosphoric ester groups is 1. The Morgan fingerprint density at radius 3 is 1.21 bits per heavy atom. The van der Waals surface area contributed by atoms with Gasteiger partial charge in [0.25, 0.3) is 0 Å². The molecule has 0 spiro atoms. The summed E-state index contributed by atoms with van der Waals surface area (Å²) in [5.74, 6) is -0.203. The third kappa shape index (κ3) is 58.3. The number of rotatable bonds is 54. The van der Waals surface area contributed by atoms with Crippen molar-refractivity contribution in [3.8, 4) is 0 Å². The van der Waals surface area contributed by atoms with E-state index >= 15 is 0 Å². The molecule has 0 aliphatic heterocycles. The number of amides is 1. The molecule has 0 aromatic carbocycles. The van der Waals surface area contributed by atoms with Gasteiger partial charge in [-0.05, 0) is 103 Å². The summed E-state index contributed by atoms with van der Waals surface area (Å²) in [4.78, 5) is 23.3. The predicted octanol–water partition coefficient (Wildman–Crippen LogP) is 19.1. The summed E-state index contributed by atoms with van der Waals surface area (Å²) in [6.45, 7) is 4.67. The molecule has 76 heavy (non-hydrogen) atoms. The summed E-state index contributed by atoms with van der Waals surface area (Å²) in [6.07, 6.45) is 85.6. The summed E-state index contributed by atoms with van der Waals surface area (Å²) >= 11 is 0. The van der Waals surface area contributed by atoms with E-state index in [2.05, 4.69) is 141 Å². The lowest BCUT2D eigenvalue weighted by atomic mass is 10.0. The Hall–Kier alpha value is -3.36. The quantitative estimate of drug-likeness (QED) is 0.0243. The van der Waals surface area contributed by atoms with E-state index in [0.29, 0.717) is 17.4 Å². The zero-order valence-corrected chi connectivity index (χ0v) is 50.3. The maximum absolute atomic E-state index is 13.0. The van der Waals surface area contributed by atoms with Crippen molar-refractivity contribution >= 4 is 13.7 Å². The molecule has 0 fully saturated rings. The average Bonchev–Trinajstić information content (AvgIpc) is 3.38. The summed E-state index contributed by atoms with van der Waals surface area (Å²) in [7, 11) is 1.53. The number of nitrogens with one attached hydrogen (secondary N) is 1. The van der Waals surface area contributed by atoms with Gasteiger partial charge < -0.3 is 19.8 Å². The third-order valence-corrected chi connectivity index (χ3v) is 13.8. The molecule has 0 bridgehead atoms. The summed E-state index contributed by atoms with van der Waals surface area (Å²) in [6, 6.07) is -0.880. The Morgan fingerprint density at radius 2 is 0.803 bits per heavy atom. The molecule has 0 aromatic heterocycles. The molecule has 0 aliphatic rings. The van der Waals surface area contributed by atoms with Crippen LogP contribution >= 0.6 is 7.82 Å². The van der Waals surface area contributed by atoms with Gasteiger partial charge in [0.05, 0.1) is 39.9 Å². The van der Waals surface area contributed by atoms with Crippen molar-refractivity contribution in [2.24, 2.45) is 0 Å². The van der Waals surface area contributed by atoms with Crippen LogP contribution in [-0.2, 0) is 18.4 Å². The highest BCUT2D eigenvalue weighted by Crippen LogP contribution is 2.43. The normalized spacial score (nSPS) is 14.8. The first-order valence-corrected chi connectivity index (χ1v) is 32.1. The molecule has 0 heterocycles. The van der Waals surface area contributed by atoms with Gasteiger partial charge in [-0.1, -0.05) is 257 Å². The van der Waals surface area contributed by atoms with E-state index in [4.69, 9.17) is 9.05 Å². The van der Waals surface area contributed by atoms with E-state index in [1.807, 2.05) is 27.2 Å². The van der Waals surface area contributed by atoms with E-state index in [-0.39, 0.29) is 19.1 Å². The molecule has 0 saturated heterocycles. The van der Waals surface area contributed by atoms with Crippen LogP contribution in [0.3, 0.4) is 0 Å². The Bertz CT molecular complexity index is 1700. The van der Waals surface area contributed by atoms with Gasteiger partial charge >= 0.3 is 7.82 Å². The number of carbonyl (C=O) groups is 1. The first-order chi connectivity index (χ1) is 37.0. The van der Waals surface area contributed by atoms with Crippen LogP contribution < -0.4 is 5.32 Å². The van der Waals surface area contributed by atoms with Gasteiger partial charge in [-0.15, -0.1) is 0 Å². The standard InChI is InChI=1S/C67H115N2O6P/c1-6-8-10-12-14-16-18-20-22-24-26-27-28-29-30-31-32-33-34-35-36-37-38-39-40-41-43-45-47-49-51-53-55-57-59-61-67(71)68-65(64-75-76(72,73)74-63-62-69(3,4)5)66(70)60-58-56-54-52-50-48-46-44-42-25-23-21-19-17-15-13-11-9-7-2/h8,10,14,16,20,22,26-27,29-30,32-33,35-36,38-39,41,43,50,52,58,60,65-66,70H,6-7,9,11-13,15,17-19,21,23-25,28,31,34,37,40,42,44-49,51,53-57,59,61-64H2,1-5H3,(H-,68,71,72,73)/p+1/b10-8-,16-14-,22-20-,27-26-,30-29-,33-32-,36-35-,39-38-,43-41-,52-50+,60-58+. The fourth-order valence-corrected chi connectivity index (χ4v) is 8.84. The van der Waals surface area contributed by atoms with E-state index in [1.54, 1.807) is 6.08 Å². The second kappa shape index (κ2) is 56.4. The van der Waals surface area contributed by atoms with Crippen molar-refractivity contribution in [2.75, 3.05) is 40.9 Å². The summed E-state index contributed by atoms with van der Waals surface area (Å²) in [5, 5.41) is 13.9. The zero-order chi connectivity index (χ0) is 55.6. The van der Waals surface area contributed by atoms with Crippen LogP contribution in [0.4, 0.5) is 0 Å². The molecule has 3 N–H and O–H groups in total. The van der Waals surface area contributed by atoms with Gasteiger partial charge in [-0.3, -0.25) is 13.8 Å². The lowest BCUT2D eigenvalue weighted by Crippen LogP contribution is -2.45. The predicted molar refractivity (Wildman–Crippen MR) is 331 cm³/mol. The zero-order valence-electron chi connectivity index (χ0n) is 49.4. The highest BCUT2D eigenvalue weighted by atomic mass is 31.2. The van der Waals surface area contributed by atoms with Crippen LogP contribution in [0.15, 0.2) is 134 Å². The van der Waals surface area contributed by atoms with Crippen LogP contribution in [0.2, 0.25) is 0 Å². The Labute approximate surface area is 468 Å². The lowest BCUT2D eigenvalue weighted by molar-refractivity contribution is -0.870. The molecule has 3 atom stereocenters. The molecular weight excluding hydrogens is 960 g/mol. The molecular formula is C67H116N2O6P+. The Balaban J connectivity index is 4.26. The number of carbonyl (C=O) groups excluding carboxylic acids is 1. The average molecular weight is 1080 g/mol. The van der Waals surface area contributed by atoms with E-state index in [9.17, 15) is 19.4 Å². The van der Waals surface area contributed by atoms with Gasteiger partial charge in [-0.2, -0.15) is 0 Å². The fraction of sp³-hybridized carbons (Fsp3) is 0.657. The number of aliphatic hydroxyl groups is 1. The van der Waals surface area contributed by atoms with Crippen molar-refractivity contribution in [1.82, 2.24) is 5.32 Å². The lowest BCUT2D eigenvalue weighted by Gasteiger charge is -2.25. The smallest absolute Gasteiger partial charge is 0.387 e. The number of likely N-dealkylation sites (N-methyl/N-ethyl adjacent to an activating group) is 1. The van der Waals surface area contributed by atoms with Crippen LogP contribution in [0.5, 0.6) is 0 Å². The van der Waals surface area contributed by atoms with Gasteiger partial charge in [0.15, 0.2) is 0 Å². The SMILES string of the molecule is CC/C=C\C/C=C\C/C=C\C/C=C\C/C=C\C/C=C\C/C=C\C/C=C\C/C=C\CCCCCCCCCC(=O)NC(COP(=O)(O)OCC[N+](C)(C)C)C(O)/C=C/CC/C=C/CCCCCCCCCCCCCCC. The number of unbranched alkanes of at least 4 members (excludes halogenated alkanes) is 21. The van der Waals surface area contributed by atoms with Crippen LogP contribution in [0.1, 0.15) is 232 Å². The molecule has 1 amide bonds. The Kier molecular flexibility index (Phi) is 53.9. The largest absolute Gasteiger partial charge is 0.472 e. The molecule has 0 radical (unpaired) electrons. The molecule has 8 nitrogen and oxygen atoms in total. The maximum atomic E-state index is 13.0. The van der Waals surface area contributed by atoms with Crippen LogP contribution in [0.25, 0.3) is 0 Å². The number of allylic oxidation sites excluding steroid dienone is 21. The van der Waals surface area contributed by atoms with E-state index in [0.717, 1.165) is 109 Å². The van der Waals surface area contributed by atoms with Gasteiger partial charge in [0.1, 0.15) is 13.2 Å². The molecule has 0 saturated carbocycles. The fourth-order valence-electron chi connectivity index (χ4n) is 8.11. The van der Waals surface area contributed by atoms with E-state index in [1.165, 1.54) is 103 Å². The Morgan fingerprint density at radius 1 is 0.461 bits per heavy atom. The van der Waals surface area contributed by atoms with Crippen molar-refractivity contribution in [3.05, 3.63) is 134 Å². The van der Waals surface area contributed by atoms with Crippen molar-refractivity contribution in [1.29, 1.82) is 0 Å². The van der Waals surface area contributed by atoms with Crippen molar-refractivity contribution in [2.45, 2.75) is 244 Å². The summed E-state index contributed by atoms with van der Waals surface area (Å²) < 4.78 is 23.7. The molecule has 3 unspecified atom stereocenters. The van der Waals surface area contributed by atoms with Gasteiger partial charge in [-0.25, -0.2) is 4.57 Å². The van der Waals surface area contributed by atoms with Crippen LogP contribution in [-0.4, -0.2) is 73.4 Å². The highest BCUT2D eigenvalue weighted by Gasteiger charge is 2.27. The minimum atomic E-state index is -4.37. The molecule has 9 heteroatoms. The number of aliphatic hydroxyl groups excluding tert-OH is 1. The van der Waals surface area contributed by atoms with Crippen LogP contribution in [0, 0.1) is 0 Å². The summed E-state index contributed by atoms with van der Waals surface area (Å²) in [5.41, 5.74) is 0. The minimum absolute atomic E-state index is 0.0469. The number of quaternary nitrogens is 1. The number of phosphoric acid groups is 1. The topological polar surface area (TPSA) is 105 Å². The van der Waals surface area contributed by atoms with E-state index < -0.39 is 20.0 Å². The van der Waals surface area contributed by atoms with Crippen molar-refractivity contribution < 1.29 is 32.9 Å². The second-order valence-corrected chi connectivity index (χ2v) is 22.8. The van der Waals surface area contributed by atoms with Gasteiger partial charge in [0, 0.05) is 6.42 Å². The first kappa shape index (κ1) is 72.6. The molecule has 0 rings (SSSR count). The number of hydrogen-bond acceptors (Lipinski definition) is 5. The molecule has 434 valence electrons. The monoisotopic (exact) mass is 1080 g/mol. The van der Waals surface area contributed by atoms with Crippen molar-refractivity contribution in [3.63, 3.8) is 0 Å². The third-order valence-electron chi connectivity index (χ3n) is 12.9. The maximum Gasteiger partial charge on any atom is 0.472 e. The number of nitrogens with zero attached hydrogens (tertiary/aromatic N) is 1. The molecule has 0 aliphatic carbocycles. The molecule has 0 aromatic rings. The first-order valence-electron chi connectivity index (χ1n) is 30.6. The highest BCUT2D eigenvalue weighted by molar-refractivity contribution is 7.47. The second-order valence-electron chi connectivity index (χ2n) is 21.3.